The molecule has 7 rings (SSSR count). The molecule has 14 nitrogen and oxygen atoms in total. The van der Waals surface area contributed by atoms with E-state index in [4.69, 9.17) is 0 Å². The van der Waals surface area contributed by atoms with Gasteiger partial charge in [-0.25, -0.2) is 14.0 Å². The fraction of sp³-hybridized carbons (Fsp3) is 0.188. The minimum Gasteiger partial charge on any atom is -0.252 e. The van der Waals surface area contributed by atoms with Crippen LogP contribution in [-0.4, -0.2) is 70.4 Å². The highest BCUT2D eigenvalue weighted by Crippen LogP contribution is 2.31. The summed E-state index contributed by atoms with van der Waals surface area (Å²) < 4.78 is 6.95. The molecule has 3 aromatic carbocycles. The van der Waals surface area contributed by atoms with E-state index in [-0.39, 0.29) is 5.92 Å². The van der Waals surface area contributed by atoms with Crippen molar-refractivity contribution in [3.8, 4) is 0 Å². The fourth-order valence-corrected chi connectivity index (χ4v) is 5.43. The Morgan fingerprint density at radius 1 is 0.587 bits per heavy atom. The monoisotopic (exact) mass is 610 g/mol. The van der Waals surface area contributed by atoms with E-state index in [2.05, 4.69) is 131 Å². The van der Waals surface area contributed by atoms with E-state index >= 15 is 0 Å². The zero-order valence-electron chi connectivity index (χ0n) is 24.8. The Hall–Kier alpha value is -6.18. The maximum absolute atomic E-state index is 4.35. The number of hydrogen-bond acceptors (Lipinski definition) is 10. The molecule has 4 aromatic heterocycles. The van der Waals surface area contributed by atoms with E-state index in [1.54, 1.807) is 22.0 Å². The van der Waals surface area contributed by atoms with Gasteiger partial charge in [0, 0.05) is 12.5 Å². The molecule has 0 aliphatic rings. The minimum absolute atomic E-state index is 0.181. The van der Waals surface area contributed by atoms with Crippen molar-refractivity contribution in [2.45, 2.75) is 38.5 Å². The molecule has 0 saturated carbocycles. The van der Waals surface area contributed by atoms with Crippen molar-refractivity contribution in [3.05, 3.63) is 150 Å². The maximum atomic E-state index is 4.35. The van der Waals surface area contributed by atoms with E-state index in [0.29, 0.717) is 26.2 Å². The molecule has 0 bridgehead atoms. The second-order valence-corrected chi connectivity index (χ2v) is 10.8. The first-order valence-electron chi connectivity index (χ1n) is 14.9. The number of nitrogens with zero attached hydrogens (tertiary/aromatic N) is 14. The Morgan fingerprint density at radius 3 is 1.78 bits per heavy atom. The van der Waals surface area contributed by atoms with Crippen molar-refractivity contribution < 1.29 is 0 Å². The average Bonchev–Trinajstić information content (AvgIpc) is 3.94. The normalized spacial score (nSPS) is 12.4. The second kappa shape index (κ2) is 13.6. The lowest BCUT2D eigenvalue weighted by atomic mass is 9.87. The van der Waals surface area contributed by atoms with Crippen LogP contribution >= 0.6 is 0 Å². The highest BCUT2D eigenvalue weighted by atomic mass is 15.5. The predicted molar refractivity (Wildman–Crippen MR) is 167 cm³/mol. The summed E-state index contributed by atoms with van der Waals surface area (Å²) in [5.74, 6) is 0.181. The van der Waals surface area contributed by atoms with Crippen molar-refractivity contribution in [2.24, 2.45) is 0 Å². The first kappa shape index (κ1) is 28.6. The van der Waals surface area contributed by atoms with Crippen LogP contribution in [-0.2, 0) is 26.2 Å². The van der Waals surface area contributed by atoms with E-state index in [1.807, 2.05) is 33.9 Å². The molecule has 0 spiro atoms. The zero-order valence-corrected chi connectivity index (χ0v) is 24.8. The summed E-state index contributed by atoms with van der Waals surface area (Å²) in [7, 11) is 0. The molecule has 1 atom stereocenters. The number of aromatic nitrogens is 14. The molecule has 0 fully saturated rings. The summed E-state index contributed by atoms with van der Waals surface area (Å²) in [6.07, 6.45) is 10.0. The van der Waals surface area contributed by atoms with Gasteiger partial charge in [-0.1, -0.05) is 101 Å². The molecule has 228 valence electrons. The first-order valence-corrected chi connectivity index (χ1v) is 14.9. The summed E-state index contributed by atoms with van der Waals surface area (Å²) in [6.45, 7) is 2.22. The summed E-state index contributed by atoms with van der Waals surface area (Å²) in [4.78, 5) is 0. The molecule has 14 heteroatoms. The van der Waals surface area contributed by atoms with E-state index < -0.39 is 0 Å². The van der Waals surface area contributed by atoms with Gasteiger partial charge in [-0.3, -0.25) is 4.68 Å². The van der Waals surface area contributed by atoms with Crippen molar-refractivity contribution >= 4 is 5.57 Å². The molecule has 0 N–H and O–H groups in total. The summed E-state index contributed by atoms with van der Waals surface area (Å²) >= 11 is 0. The Labute approximate surface area is 264 Å². The van der Waals surface area contributed by atoms with Crippen LogP contribution in [0.4, 0.5) is 0 Å². The largest absolute Gasteiger partial charge is 0.252 e. The van der Waals surface area contributed by atoms with Gasteiger partial charge in [-0.05, 0) is 55.1 Å². The van der Waals surface area contributed by atoms with E-state index in [9.17, 15) is 0 Å². The van der Waals surface area contributed by atoms with Gasteiger partial charge >= 0.3 is 0 Å². The molecule has 0 radical (unpaired) electrons. The second-order valence-electron chi connectivity index (χ2n) is 10.8. The van der Waals surface area contributed by atoms with Gasteiger partial charge in [-0.2, -0.15) is 0 Å². The topological polar surface area (TPSA) is 149 Å². The van der Waals surface area contributed by atoms with Crippen molar-refractivity contribution in [3.63, 3.8) is 0 Å². The number of tetrazole rings is 2. The number of rotatable bonds is 13. The van der Waals surface area contributed by atoms with Crippen LogP contribution in [0.5, 0.6) is 0 Å². The van der Waals surface area contributed by atoms with Gasteiger partial charge in [0.25, 0.3) is 0 Å². The number of allylic oxidation sites excluding steroid dienone is 1. The molecule has 1 unspecified atom stereocenters. The summed E-state index contributed by atoms with van der Waals surface area (Å²) in [6, 6.07) is 29.9. The Balaban J connectivity index is 1.10. The van der Waals surface area contributed by atoms with Gasteiger partial charge in [0.2, 0.25) is 0 Å². The molecular weight excluding hydrogens is 580 g/mol. The number of aryl methyl sites for hydroxylation is 1. The van der Waals surface area contributed by atoms with Gasteiger partial charge in [0.15, 0.2) is 0 Å². The molecule has 0 amide bonds. The van der Waals surface area contributed by atoms with Crippen LogP contribution < -0.4 is 0 Å². The lowest BCUT2D eigenvalue weighted by Gasteiger charge is -2.19. The SMILES string of the molecule is C(/Cn1cc(Cn2cnnn2)nn1)=C(\c1ccccc1)c1ccc(C(CCn2cc(Cn3cnnn3)nn2)c2ccccc2)cc1. The fourth-order valence-electron chi connectivity index (χ4n) is 5.43. The molecule has 46 heavy (non-hydrogen) atoms. The highest BCUT2D eigenvalue weighted by molar-refractivity contribution is 5.79. The highest BCUT2D eigenvalue weighted by Gasteiger charge is 2.16. The molecule has 7 aromatic rings. The van der Waals surface area contributed by atoms with E-state index in [1.165, 1.54) is 11.1 Å². The third-order valence-corrected chi connectivity index (χ3v) is 7.64. The molecule has 0 saturated heterocycles. The van der Waals surface area contributed by atoms with Crippen LogP contribution in [0.1, 0.15) is 46.0 Å². The van der Waals surface area contributed by atoms with Gasteiger partial charge in [0.05, 0.1) is 32.0 Å². The van der Waals surface area contributed by atoms with Gasteiger partial charge < -0.3 is 0 Å². The third kappa shape index (κ3) is 6.96. The Morgan fingerprint density at radius 2 is 1.15 bits per heavy atom. The Bertz CT molecular complexity index is 1960. The molecule has 0 aliphatic carbocycles. The van der Waals surface area contributed by atoms with Gasteiger partial charge in [-0.15, -0.1) is 20.4 Å². The van der Waals surface area contributed by atoms with Crippen LogP contribution in [0.2, 0.25) is 0 Å². The number of hydrogen-bond donors (Lipinski definition) is 0. The van der Waals surface area contributed by atoms with Crippen LogP contribution in [0, 0.1) is 0 Å². The molecular formula is C32H30N14. The lowest BCUT2D eigenvalue weighted by molar-refractivity contribution is 0.532. The summed E-state index contributed by atoms with van der Waals surface area (Å²) in [5.41, 5.74) is 7.47. The van der Waals surface area contributed by atoms with Crippen molar-refractivity contribution in [1.29, 1.82) is 0 Å². The minimum atomic E-state index is 0.181. The lowest BCUT2D eigenvalue weighted by Crippen LogP contribution is -2.08. The van der Waals surface area contributed by atoms with Crippen LogP contribution in [0.25, 0.3) is 5.57 Å². The van der Waals surface area contributed by atoms with Crippen LogP contribution in [0.3, 0.4) is 0 Å². The smallest absolute Gasteiger partial charge is 0.138 e. The van der Waals surface area contributed by atoms with Gasteiger partial charge in [0.1, 0.15) is 24.0 Å². The average molecular weight is 611 g/mol. The quantitative estimate of drug-likeness (QED) is 0.190. The zero-order chi connectivity index (χ0) is 31.0. The number of benzene rings is 3. The molecule has 4 heterocycles. The van der Waals surface area contributed by atoms with Crippen molar-refractivity contribution in [1.82, 2.24) is 70.4 Å². The predicted octanol–water partition coefficient (Wildman–Crippen LogP) is 3.29. The standard InChI is InChI=1S/C32H30N14/c1-3-7-25(8-4-1)31(15-17-43-19-29(35-39-43)21-45-23-33-37-41-45)27-11-13-28(14-12-27)32(26-9-5-2-6-10-26)16-18-44-20-30(36-40-44)22-46-24-34-38-42-46/h1-15,19-20,23-24,32H,16-18,21-22H2/b31-15-. The maximum Gasteiger partial charge on any atom is 0.138 e. The summed E-state index contributed by atoms with van der Waals surface area (Å²) in [5, 5.41) is 39.8. The van der Waals surface area contributed by atoms with E-state index in [0.717, 1.165) is 34.5 Å². The van der Waals surface area contributed by atoms with Crippen LogP contribution in [0.15, 0.2) is 116 Å². The Kier molecular flexibility index (Phi) is 8.47. The van der Waals surface area contributed by atoms with Crippen molar-refractivity contribution in [2.75, 3.05) is 0 Å². The molecule has 0 aliphatic heterocycles. The first-order chi connectivity index (χ1) is 22.8. The third-order valence-electron chi connectivity index (χ3n) is 7.64.